The molecular formula is C12H13N3O2. The molecular weight excluding hydrogens is 218 g/mol. The van der Waals surface area contributed by atoms with Crippen molar-refractivity contribution in [3.05, 3.63) is 47.3 Å². The van der Waals surface area contributed by atoms with Crippen molar-refractivity contribution < 1.29 is 9.90 Å². The van der Waals surface area contributed by atoms with Crippen LogP contribution in [0.3, 0.4) is 0 Å². The molecule has 1 heterocycles. The van der Waals surface area contributed by atoms with Crippen LogP contribution < -0.4 is 5.32 Å². The summed E-state index contributed by atoms with van der Waals surface area (Å²) in [6.45, 7) is 2.56. The standard InChI is InChI=1S/C12H13N3O2/c1-8-10(7-14-15-8)6-13-11-4-2-3-9(5-11)12(16)17/h2-5,7,13H,6H2,1H3,(H,14,15)(H,16,17). The van der Waals surface area contributed by atoms with Gasteiger partial charge in [-0.05, 0) is 25.1 Å². The number of aryl methyl sites for hydroxylation is 1. The van der Waals surface area contributed by atoms with E-state index in [2.05, 4.69) is 15.5 Å². The second kappa shape index (κ2) is 4.69. The Morgan fingerprint density at radius 2 is 2.35 bits per heavy atom. The number of rotatable bonds is 4. The third-order valence-electron chi connectivity index (χ3n) is 2.53. The third kappa shape index (κ3) is 2.63. The van der Waals surface area contributed by atoms with Gasteiger partial charge in [-0.3, -0.25) is 5.10 Å². The Hall–Kier alpha value is -2.30. The van der Waals surface area contributed by atoms with Crippen LogP contribution >= 0.6 is 0 Å². The second-order valence-electron chi connectivity index (χ2n) is 3.76. The van der Waals surface area contributed by atoms with Crippen molar-refractivity contribution in [3.63, 3.8) is 0 Å². The summed E-state index contributed by atoms with van der Waals surface area (Å²) < 4.78 is 0. The monoisotopic (exact) mass is 231 g/mol. The van der Waals surface area contributed by atoms with E-state index in [-0.39, 0.29) is 5.56 Å². The number of H-pyrrole nitrogens is 1. The van der Waals surface area contributed by atoms with Crippen molar-refractivity contribution >= 4 is 11.7 Å². The van der Waals surface area contributed by atoms with Crippen molar-refractivity contribution in [2.45, 2.75) is 13.5 Å². The summed E-state index contributed by atoms with van der Waals surface area (Å²) in [5, 5.41) is 18.8. The van der Waals surface area contributed by atoms with Crippen LogP contribution in [0, 0.1) is 6.92 Å². The molecule has 0 saturated carbocycles. The molecule has 0 aliphatic rings. The van der Waals surface area contributed by atoms with E-state index in [1.807, 2.05) is 13.0 Å². The van der Waals surface area contributed by atoms with Gasteiger partial charge in [0.05, 0.1) is 11.8 Å². The van der Waals surface area contributed by atoms with E-state index in [4.69, 9.17) is 5.11 Å². The molecule has 0 atom stereocenters. The average molecular weight is 231 g/mol. The number of hydrogen-bond donors (Lipinski definition) is 3. The van der Waals surface area contributed by atoms with E-state index in [1.165, 1.54) is 0 Å². The zero-order chi connectivity index (χ0) is 12.3. The normalized spacial score (nSPS) is 10.2. The van der Waals surface area contributed by atoms with Gasteiger partial charge in [-0.1, -0.05) is 6.07 Å². The topological polar surface area (TPSA) is 78.0 Å². The van der Waals surface area contributed by atoms with Gasteiger partial charge in [0.2, 0.25) is 0 Å². The fourth-order valence-corrected chi connectivity index (χ4v) is 1.51. The first kappa shape index (κ1) is 11.2. The van der Waals surface area contributed by atoms with Crippen molar-refractivity contribution in [1.82, 2.24) is 10.2 Å². The average Bonchev–Trinajstić information content (AvgIpc) is 2.72. The van der Waals surface area contributed by atoms with E-state index in [0.29, 0.717) is 6.54 Å². The number of hydrogen-bond acceptors (Lipinski definition) is 3. The highest BCUT2D eigenvalue weighted by atomic mass is 16.4. The summed E-state index contributed by atoms with van der Waals surface area (Å²) in [4.78, 5) is 10.8. The highest BCUT2D eigenvalue weighted by Gasteiger charge is 2.04. The van der Waals surface area contributed by atoms with E-state index < -0.39 is 5.97 Å². The number of benzene rings is 1. The Balaban J connectivity index is 2.07. The van der Waals surface area contributed by atoms with Gasteiger partial charge in [0.25, 0.3) is 0 Å². The summed E-state index contributed by atoms with van der Waals surface area (Å²) in [5.74, 6) is -0.923. The van der Waals surface area contributed by atoms with Gasteiger partial charge in [0, 0.05) is 23.5 Å². The molecule has 2 rings (SSSR count). The first-order valence-corrected chi connectivity index (χ1v) is 5.23. The molecule has 5 nitrogen and oxygen atoms in total. The largest absolute Gasteiger partial charge is 0.478 e. The summed E-state index contributed by atoms with van der Waals surface area (Å²) >= 11 is 0. The SMILES string of the molecule is Cc1[nH]ncc1CNc1cccc(C(=O)O)c1. The lowest BCUT2D eigenvalue weighted by Gasteiger charge is -2.06. The molecule has 5 heteroatoms. The summed E-state index contributed by atoms with van der Waals surface area (Å²) in [6.07, 6.45) is 1.75. The minimum atomic E-state index is -0.923. The van der Waals surface area contributed by atoms with E-state index in [0.717, 1.165) is 16.9 Å². The van der Waals surface area contributed by atoms with Crippen LogP contribution in [0.4, 0.5) is 5.69 Å². The summed E-state index contributed by atoms with van der Waals surface area (Å²) in [7, 11) is 0. The zero-order valence-electron chi connectivity index (χ0n) is 9.40. The molecule has 2 aromatic rings. The maximum Gasteiger partial charge on any atom is 0.335 e. The maximum absolute atomic E-state index is 10.8. The van der Waals surface area contributed by atoms with Gasteiger partial charge in [-0.15, -0.1) is 0 Å². The van der Waals surface area contributed by atoms with Crippen LogP contribution in [0.15, 0.2) is 30.5 Å². The zero-order valence-corrected chi connectivity index (χ0v) is 9.40. The number of aromatic nitrogens is 2. The Morgan fingerprint density at radius 3 is 3.00 bits per heavy atom. The molecule has 0 spiro atoms. The molecule has 0 amide bonds. The highest BCUT2D eigenvalue weighted by molar-refractivity contribution is 5.88. The lowest BCUT2D eigenvalue weighted by molar-refractivity contribution is 0.0697. The Labute approximate surface area is 98.5 Å². The van der Waals surface area contributed by atoms with Gasteiger partial charge >= 0.3 is 5.97 Å². The maximum atomic E-state index is 10.8. The lowest BCUT2D eigenvalue weighted by atomic mass is 10.2. The van der Waals surface area contributed by atoms with E-state index >= 15 is 0 Å². The van der Waals surface area contributed by atoms with Crippen LogP contribution in [0.1, 0.15) is 21.6 Å². The van der Waals surface area contributed by atoms with Gasteiger partial charge in [0.1, 0.15) is 0 Å². The van der Waals surface area contributed by atoms with Crippen molar-refractivity contribution in [2.24, 2.45) is 0 Å². The molecule has 0 aliphatic heterocycles. The number of carbonyl (C=O) groups is 1. The van der Waals surface area contributed by atoms with Crippen molar-refractivity contribution in [1.29, 1.82) is 0 Å². The van der Waals surface area contributed by atoms with Gasteiger partial charge in [-0.2, -0.15) is 5.10 Å². The number of aromatic carboxylic acids is 1. The number of nitrogens with zero attached hydrogens (tertiary/aromatic N) is 1. The van der Waals surface area contributed by atoms with Crippen molar-refractivity contribution in [2.75, 3.05) is 5.32 Å². The molecule has 0 fully saturated rings. The lowest BCUT2D eigenvalue weighted by Crippen LogP contribution is -2.02. The number of carboxylic acid groups (broad SMARTS) is 1. The smallest absolute Gasteiger partial charge is 0.335 e. The predicted molar refractivity (Wildman–Crippen MR) is 64.1 cm³/mol. The van der Waals surface area contributed by atoms with Crippen LogP contribution in [0.5, 0.6) is 0 Å². The van der Waals surface area contributed by atoms with Crippen LogP contribution in [0.25, 0.3) is 0 Å². The molecule has 0 saturated heterocycles. The highest BCUT2D eigenvalue weighted by Crippen LogP contribution is 2.12. The summed E-state index contributed by atoms with van der Waals surface area (Å²) in [6, 6.07) is 6.73. The van der Waals surface area contributed by atoms with E-state index in [1.54, 1.807) is 24.4 Å². The third-order valence-corrected chi connectivity index (χ3v) is 2.53. The Bertz CT molecular complexity index is 534. The quantitative estimate of drug-likeness (QED) is 0.752. The molecule has 0 unspecified atom stereocenters. The van der Waals surface area contributed by atoms with Gasteiger partial charge in [0.15, 0.2) is 0 Å². The molecule has 0 radical (unpaired) electrons. The minimum Gasteiger partial charge on any atom is -0.478 e. The van der Waals surface area contributed by atoms with E-state index in [9.17, 15) is 4.79 Å². The fourth-order valence-electron chi connectivity index (χ4n) is 1.51. The first-order valence-electron chi connectivity index (χ1n) is 5.23. The number of nitrogens with one attached hydrogen (secondary N) is 2. The molecule has 0 aliphatic carbocycles. The van der Waals surface area contributed by atoms with Gasteiger partial charge < -0.3 is 10.4 Å². The van der Waals surface area contributed by atoms with Crippen molar-refractivity contribution in [3.8, 4) is 0 Å². The van der Waals surface area contributed by atoms with Crippen LogP contribution in [-0.4, -0.2) is 21.3 Å². The fraction of sp³-hybridized carbons (Fsp3) is 0.167. The minimum absolute atomic E-state index is 0.277. The summed E-state index contributed by atoms with van der Waals surface area (Å²) in [5.41, 5.74) is 3.13. The molecule has 3 N–H and O–H groups in total. The first-order chi connectivity index (χ1) is 8.16. The Morgan fingerprint density at radius 1 is 1.53 bits per heavy atom. The molecule has 17 heavy (non-hydrogen) atoms. The van der Waals surface area contributed by atoms with Crippen LogP contribution in [0.2, 0.25) is 0 Å². The second-order valence-corrected chi connectivity index (χ2v) is 3.76. The molecule has 0 bridgehead atoms. The Kier molecular flexibility index (Phi) is 3.09. The number of anilines is 1. The molecule has 1 aromatic heterocycles. The van der Waals surface area contributed by atoms with Crippen LogP contribution in [-0.2, 0) is 6.54 Å². The predicted octanol–water partition coefficient (Wildman–Crippen LogP) is 2.03. The van der Waals surface area contributed by atoms with Gasteiger partial charge in [-0.25, -0.2) is 4.79 Å². The molecule has 1 aromatic carbocycles. The molecule has 88 valence electrons. The number of carboxylic acids is 1. The number of aromatic amines is 1.